The van der Waals surface area contributed by atoms with Crippen LogP contribution in [0.2, 0.25) is 0 Å². The maximum absolute atomic E-state index is 14.3. The molecule has 2 saturated heterocycles. The van der Waals surface area contributed by atoms with Gasteiger partial charge >= 0.3 is 12.4 Å². The summed E-state index contributed by atoms with van der Waals surface area (Å²) in [6, 6.07) is 8.73. The summed E-state index contributed by atoms with van der Waals surface area (Å²) in [5.74, 6) is 0. The van der Waals surface area contributed by atoms with E-state index in [1.165, 1.54) is 0 Å². The van der Waals surface area contributed by atoms with Gasteiger partial charge in [0.25, 0.3) is 0 Å². The number of aryl methyl sites for hydroxylation is 1. The largest absolute Gasteiger partial charge is 0.434 e. The fourth-order valence-electron chi connectivity index (χ4n) is 4.91. The molecular weight excluding hydrogens is 468 g/mol. The van der Waals surface area contributed by atoms with E-state index in [9.17, 15) is 26.3 Å². The number of hydrogen-bond donors (Lipinski definition) is 0. The van der Waals surface area contributed by atoms with E-state index >= 15 is 0 Å². The van der Waals surface area contributed by atoms with Crippen LogP contribution in [0, 0.1) is 16.7 Å². The molecule has 0 aliphatic carbocycles. The van der Waals surface area contributed by atoms with E-state index < -0.39 is 29.1 Å². The molecule has 0 unspecified atom stereocenters. The Morgan fingerprint density at radius 2 is 1.82 bits per heavy atom. The van der Waals surface area contributed by atoms with Gasteiger partial charge in [0.05, 0.1) is 24.8 Å². The van der Waals surface area contributed by atoms with Gasteiger partial charge in [0.2, 0.25) is 0 Å². The van der Waals surface area contributed by atoms with Crippen molar-refractivity contribution in [3.05, 3.63) is 51.5 Å². The highest BCUT2D eigenvalue weighted by molar-refractivity contribution is 7.09. The Hall–Kier alpha value is -2.16. The van der Waals surface area contributed by atoms with Crippen LogP contribution in [-0.2, 0) is 23.9 Å². The summed E-state index contributed by atoms with van der Waals surface area (Å²) in [6.45, 7) is 0.464. The van der Waals surface area contributed by atoms with Crippen LogP contribution in [-0.4, -0.2) is 41.4 Å². The van der Waals surface area contributed by atoms with Crippen LogP contribution >= 0.6 is 11.3 Å². The van der Waals surface area contributed by atoms with Crippen LogP contribution in [0.15, 0.2) is 29.6 Å². The molecule has 2 aliphatic heterocycles. The average Bonchev–Trinajstić information content (AvgIpc) is 3.33. The zero-order valence-electron chi connectivity index (χ0n) is 17.5. The second-order valence-electron chi connectivity index (χ2n) is 8.60. The van der Waals surface area contributed by atoms with Gasteiger partial charge in [0.15, 0.2) is 11.3 Å². The lowest BCUT2D eigenvalue weighted by molar-refractivity contribution is -0.366. The second-order valence-corrected chi connectivity index (χ2v) is 9.54. The summed E-state index contributed by atoms with van der Waals surface area (Å²) >= 11 is 0.857. The topological polar surface area (TPSA) is 49.1 Å². The van der Waals surface area contributed by atoms with Gasteiger partial charge in [-0.05, 0) is 43.5 Å². The minimum atomic E-state index is -4.56. The van der Waals surface area contributed by atoms with Gasteiger partial charge in [-0.2, -0.15) is 31.6 Å². The molecular formula is C22H21F6N3OS. The molecule has 1 aromatic heterocycles. The number of alkyl halides is 6. The zero-order chi connectivity index (χ0) is 23.9. The Morgan fingerprint density at radius 3 is 2.33 bits per heavy atom. The molecule has 0 amide bonds. The van der Waals surface area contributed by atoms with E-state index in [2.05, 4.69) is 4.98 Å². The van der Waals surface area contributed by atoms with E-state index in [0.29, 0.717) is 18.5 Å². The third-order valence-electron chi connectivity index (χ3n) is 6.73. The number of rotatable bonds is 6. The summed E-state index contributed by atoms with van der Waals surface area (Å²) < 4.78 is 86.6. The van der Waals surface area contributed by atoms with E-state index in [4.69, 9.17) is 10.00 Å². The smallest absolute Gasteiger partial charge is 0.365 e. The number of likely N-dealkylation sites (tertiary alicyclic amines) is 1. The molecule has 0 N–H and O–H groups in total. The molecule has 178 valence electrons. The number of nitrogens with zero attached hydrogens (tertiary/aromatic N) is 3. The maximum atomic E-state index is 14.3. The third kappa shape index (κ3) is 4.48. The van der Waals surface area contributed by atoms with Crippen molar-refractivity contribution in [3.8, 4) is 6.07 Å². The number of aromatic nitrogens is 1. The molecule has 11 heteroatoms. The lowest BCUT2D eigenvalue weighted by atomic mass is 9.63. The van der Waals surface area contributed by atoms with E-state index in [1.807, 2.05) is 6.07 Å². The van der Waals surface area contributed by atoms with Gasteiger partial charge in [-0.3, -0.25) is 4.90 Å². The predicted octanol–water partition coefficient (Wildman–Crippen LogP) is 5.58. The summed E-state index contributed by atoms with van der Waals surface area (Å²) in [7, 11) is 0. The molecule has 4 rings (SSSR count). The second kappa shape index (κ2) is 8.56. The fourth-order valence-corrected chi connectivity index (χ4v) is 5.75. The summed E-state index contributed by atoms with van der Waals surface area (Å²) in [5.41, 5.74) is -3.18. The zero-order valence-corrected chi connectivity index (χ0v) is 18.3. The van der Waals surface area contributed by atoms with Crippen molar-refractivity contribution in [2.75, 3.05) is 19.7 Å². The Labute approximate surface area is 190 Å². The highest BCUT2D eigenvalue weighted by Gasteiger charge is 2.71. The van der Waals surface area contributed by atoms with Crippen LogP contribution in [0.5, 0.6) is 0 Å². The van der Waals surface area contributed by atoms with Gasteiger partial charge in [-0.1, -0.05) is 12.1 Å². The predicted molar refractivity (Wildman–Crippen MR) is 108 cm³/mol. The van der Waals surface area contributed by atoms with Crippen molar-refractivity contribution < 1.29 is 31.1 Å². The summed E-state index contributed by atoms with van der Waals surface area (Å²) in [4.78, 5) is 5.36. The van der Waals surface area contributed by atoms with Crippen LogP contribution in [0.1, 0.15) is 41.1 Å². The number of nitriles is 1. The van der Waals surface area contributed by atoms with Crippen molar-refractivity contribution >= 4 is 11.3 Å². The summed E-state index contributed by atoms with van der Waals surface area (Å²) in [5, 5.41) is 10.1. The van der Waals surface area contributed by atoms with Crippen molar-refractivity contribution in [1.82, 2.24) is 9.88 Å². The third-order valence-corrected chi connectivity index (χ3v) is 7.56. The van der Waals surface area contributed by atoms with Crippen molar-refractivity contribution in [3.63, 3.8) is 0 Å². The number of benzene rings is 1. The van der Waals surface area contributed by atoms with Crippen LogP contribution in [0.4, 0.5) is 26.3 Å². The number of halogens is 6. The number of thiazole rings is 1. The van der Waals surface area contributed by atoms with E-state index in [1.54, 1.807) is 29.2 Å². The van der Waals surface area contributed by atoms with E-state index in [0.717, 1.165) is 22.3 Å². The molecule has 33 heavy (non-hydrogen) atoms. The highest BCUT2D eigenvalue weighted by atomic mass is 32.1. The van der Waals surface area contributed by atoms with Gasteiger partial charge in [0, 0.05) is 23.8 Å². The molecule has 0 bridgehead atoms. The Bertz CT molecular complexity index is 1020. The Kier molecular flexibility index (Phi) is 6.22. The van der Waals surface area contributed by atoms with Crippen LogP contribution in [0.3, 0.4) is 0 Å². The molecule has 4 nitrogen and oxygen atoms in total. The standard InChI is InChI=1S/C22H21F6N3OS/c23-21(24,25)17-13-33-18(30-17)12-31-9-7-19(14-31,20(8-10-32-20)22(26,27)28)6-5-15-1-3-16(11-29)4-2-15/h1-4,13H,5-10,12,14H2/t19-,20-/m1/s1. The number of ether oxygens (including phenoxy) is 1. The average molecular weight is 489 g/mol. The van der Waals surface area contributed by atoms with Gasteiger partial charge < -0.3 is 4.74 Å². The maximum Gasteiger partial charge on any atom is 0.434 e. The minimum absolute atomic E-state index is 0.0273. The van der Waals surface area contributed by atoms with Crippen molar-refractivity contribution in [1.29, 1.82) is 5.26 Å². The lowest BCUT2D eigenvalue weighted by Gasteiger charge is -2.54. The van der Waals surface area contributed by atoms with Crippen molar-refractivity contribution in [2.45, 2.75) is 50.2 Å². The molecule has 0 radical (unpaired) electrons. The van der Waals surface area contributed by atoms with E-state index in [-0.39, 0.29) is 44.0 Å². The molecule has 1 aromatic carbocycles. The first-order valence-electron chi connectivity index (χ1n) is 10.4. The monoisotopic (exact) mass is 489 g/mol. The number of hydrogen-bond acceptors (Lipinski definition) is 5. The molecule has 2 atom stereocenters. The molecule has 0 saturated carbocycles. The molecule has 2 aliphatic rings. The van der Waals surface area contributed by atoms with Crippen LogP contribution < -0.4 is 0 Å². The van der Waals surface area contributed by atoms with Gasteiger partial charge in [-0.25, -0.2) is 4.98 Å². The quantitative estimate of drug-likeness (QED) is 0.497. The summed E-state index contributed by atoms with van der Waals surface area (Å²) in [6.07, 6.45) is -8.44. The van der Waals surface area contributed by atoms with Gasteiger partial charge in [-0.15, -0.1) is 11.3 Å². The lowest BCUT2D eigenvalue weighted by Crippen LogP contribution is -2.67. The highest BCUT2D eigenvalue weighted by Crippen LogP contribution is 2.59. The molecule has 0 spiro atoms. The Morgan fingerprint density at radius 1 is 1.12 bits per heavy atom. The van der Waals surface area contributed by atoms with Gasteiger partial charge in [0.1, 0.15) is 5.01 Å². The normalized spacial score (nSPS) is 26.2. The van der Waals surface area contributed by atoms with Crippen LogP contribution in [0.25, 0.3) is 0 Å². The molecule has 3 heterocycles. The fraction of sp³-hybridized carbons (Fsp3) is 0.545. The Balaban J connectivity index is 1.55. The minimum Gasteiger partial charge on any atom is -0.365 e. The first kappa shape index (κ1) is 24.0. The SMILES string of the molecule is N#Cc1ccc(CC[C@@]2([C@@]3(C(F)(F)F)CCO3)CCN(Cc3nc(C(F)(F)F)cs3)C2)cc1. The molecule has 2 fully saturated rings. The van der Waals surface area contributed by atoms with Crippen molar-refractivity contribution in [2.24, 2.45) is 5.41 Å². The first-order valence-corrected chi connectivity index (χ1v) is 11.3. The molecule has 2 aromatic rings. The first-order chi connectivity index (χ1) is 15.5.